The van der Waals surface area contributed by atoms with Crippen molar-refractivity contribution in [2.75, 3.05) is 30.7 Å². The molecule has 1 aromatic rings. The van der Waals surface area contributed by atoms with Crippen molar-refractivity contribution in [1.82, 2.24) is 4.90 Å². The van der Waals surface area contributed by atoms with Crippen LogP contribution >= 0.6 is 11.8 Å². The van der Waals surface area contributed by atoms with E-state index in [4.69, 9.17) is 5.26 Å². The summed E-state index contributed by atoms with van der Waals surface area (Å²) >= 11 is 1.95. The molecule has 5 heteroatoms. The van der Waals surface area contributed by atoms with Gasteiger partial charge in [-0.1, -0.05) is 13.0 Å². The molecule has 1 aliphatic heterocycles. The Morgan fingerprint density at radius 3 is 3.21 bits per heavy atom. The molecule has 1 N–H and O–H groups in total. The fraction of sp³-hybridized carbons (Fsp3) is 0.429. The SMILES string of the molecule is CC1CN(CC(=O)Nc2cccc(C#N)c2)CCS1. The molecular formula is C14H17N3OS. The molecule has 2 rings (SSSR count). The van der Waals surface area contributed by atoms with Crippen LogP contribution in [0, 0.1) is 11.3 Å². The highest BCUT2D eigenvalue weighted by Crippen LogP contribution is 2.17. The number of nitriles is 1. The van der Waals surface area contributed by atoms with Gasteiger partial charge in [-0.05, 0) is 18.2 Å². The molecule has 1 amide bonds. The molecule has 100 valence electrons. The Morgan fingerprint density at radius 1 is 1.63 bits per heavy atom. The summed E-state index contributed by atoms with van der Waals surface area (Å²) < 4.78 is 0. The second-order valence-electron chi connectivity index (χ2n) is 4.66. The summed E-state index contributed by atoms with van der Waals surface area (Å²) in [5, 5.41) is 12.2. The summed E-state index contributed by atoms with van der Waals surface area (Å²) in [4.78, 5) is 14.1. The van der Waals surface area contributed by atoms with Crippen molar-refractivity contribution in [1.29, 1.82) is 5.26 Å². The van der Waals surface area contributed by atoms with E-state index in [9.17, 15) is 4.79 Å². The first-order valence-electron chi connectivity index (χ1n) is 6.31. The maximum atomic E-state index is 11.9. The van der Waals surface area contributed by atoms with Crippen molar-refractivity contribution in [3.8, 4) is 6.07 Å². The number of benzene rings is 1. The zero-order chi connectivity index (χ0) is 13.7. The average molecular weight is 275 g/mol. The molecular weight excluding hydrogens is 258 g/mol. The maximum Gasteiger partial charge on any atom is 0.238 e. The van der Waals surface area contributed by atoms with E-state index in [0.29, 0.717) is 23.0 Å². The first-order chi connectivity index (χ1) is 9.17. The molecule has 0 saturated carbocycles. The normalized spacial score (nSPS) is 19.7. The van der Waals surface area contributed by atoms with Gasteiger partial charge in [-0.3, -0.25) is 9.69 Å². The van der Waals surface area contributed by atoms with Crippen molar-refractivity contribution in [2.24, 2.45) is 0 Å². The van der Waals surface area contributed by atoms with Gasteiger partial charge in [-0.15, -0.1) is 0 Å². The molecule has 0 aromatic heterocycles. The Balaban J connectivity index is 1.88. The number of carbonyl (C=O) groups is 1. The predicted octanol–water partition coefficient (Wildman–Crippen LogP) is 1.93. The molecule has 4 nitrogen and oxygen atoms in total. The molecule has 1 saturated heterocycles. The topological polar surface area (TPSA) is 56.1 Å². The monoisotopic (exact) mass is 275 g/mol. The second-order valence-corrected chi connectivity index (χ2v) is 6.20. The number of hydrogen-bond donors (Lipinski definition) is 1. The standard InChI is InChI=1S/C14H17N3OS/c1-11-9-17(5-6-19-11)10-14(18)16-13-4-2-3-12(7-13)8-15/h2-4,7,11H,5-6,9-10H2,1H3,(H,16,18). The lowest BCUT2D eigenvalue weighted by Crippen LogP contribution is -2.41. The van der Waals surface area contributed by atoms with E-state index in [1.165, 1.54) is 0 Å². The fourth-order valence-electron chi connectivity index (χ4n) is 2.10. The Morgan fingerprint density at radius 2 is 2.47 bits per heavy atom. The minimum absolute atomic E-state index is 0.0193. The minimum atomic E-state index is -0.0193. The van der Waals surface area contributed by atoms with Crippen molar-refractivity contribution >= 4 is 23.4 Å². The molecule has 1 aromatic carbocycles. The number of nitrogens with zero attached hydrogens (tertiary/aromatic N) is 2. The largest absolute Gasteiger partial charge is 0.325 e. The molecule has 1 aliphatic rings. The average Bonchev–Trinajstić information content (AvgIpc) is 2.38. The van der Waals surface area contributed by atoms with Crippen molar-refractivity contribution < 1.29 is 4.79 Å². The van der Waals surface area contributed by atoms with Crippen molar-refractivity contribution in [2.45, 2.75) is 12.2 Å². The van der Waals surface area contributed by atoms with Crippen LogP contribution in [0.15, 0.2) is 24.3 Å². The van der Waals surface area contributed by atoms with Crippen LogP contribution in [0.2, 0.25) is 0 Å². The van der Waals surface area contributed by atoms with Crippen LogP contribution in [0.3, 0.4) is 0 Å². The summed E-state index contributed by atoms with van der Waals surface area (Å²) in [5.41, 5.74) is 1.24. The molecule has 1 heterocycles. The molecule has 0 spiro atoms. The summed E-state index contributed by atoms with van der Waals surface area (Å²) in [7, 11) is 0. The van der Waals surface area contributed by atoms with Gasteiger partial charge in [0.05, 0.1) is 18.2 Å². The van der Waals surface area contributed by atoms with E-state index >= 15 is 0 Å². The van der Waals surface area contributed by atoms with E-state index in [-0.39, 0.29) is 5.91 Å². The van der Waals surface area contributed by atoms with Gasteiger partial charge in [-0.25, -0.2) is 0 Å². The van der Waals surface area contributed by atoms with Crippen LogP contribution in [-0.2, 0) is 4.79 Å². The number of nitrogens with one attached hydrogen (secondary N) is 1. The van der Waals surface area contributed by atoms with Crippen LogP contribution < -0.4 is 5.32 Å². The molecule has 0 aliphatic carbocycles. The number of amides is 1. The van der Waals surface area contributed by atoms with Crippen molar-refractivity contribution in [3.05, 3.63) is 29.8 Å². The number of rotatable bonds is 3. The van der Waals surface area contributed by atoms with Gasteiger partial charge >= 0.3 is 0 Å². The summed E-state index contributed by atoms with van der Waals surface area (Å²) in [6.45, 7) is 4.52. The lowest BCUT2D eigenvalue weighted by atomic mass is 10.2. The van der Waals surface area contributed by atoms with Gasteiger partial charge in [0.2, 0.25) is 5.91 Å². The van der Waals surface area contributed by atoms with Gasteiger partial charge in [-0.2, -0.15) is 17.0 Å². The third-order valence-electron chi connectivity index (χ3n) is 2.97. The molecule has 0 bridgehead atoms. The van der Waals surface area contributed by atoms with Crippen LogP contribution in [0.25, 0.3) is 0 Å². The second kappa shape index (κ2) is 6.60. The van der Waals surface area contributed by atoms with E-state index in [1.807, 2.05) is 11.8 Å². The molecule has 1 fully saturated rings. The zero-order valence-corrected chi connectivity index (χ0v) is 11.7. The van der Waals surface area contributed by atoms with Crippen LogP contribution in [-0.4, -0.2) is 41.4 Å². The summed E-state index contributed by atoms with van der Waals surface area (Å²) in [6, 6.07) is 9.04. The Kier molecular flexibility index (Phi) is 4.83. The summed E-state index contributed by atoms with van der Waals surface area (Å²) in [5.74, 6) is 1.06. The Hall–Kier alpha value is -1.51. The molecule has 0 radical (unpaired) electrons. The Bertz CT molecular complexity index is 498. The predicted molar refractivity (Wildman–Crippen MR) is 78.1 cm³/mol. The number of hydrogen-bond acceptors (Lipinski definition) is 4. The third kappa shape index (κ3) is 4.27. The lowest BCUT2D eigenvalue weighted by molar-refractivity contribution is -0.117. The zero-order valence-electron chi connectivity index (χ0n) is 10.9. The van der Waals surface area contributed by atoms with Gasteiger partial charge in [0, 0.05) is 29.8 Å². The highest BCUT2D eigenvalue weighted by Gasteiger charge is 2.18. The molecule has 1 atom stereocenters. The first kappa shape index (κ1) is 13.9. The first-order valence-corrected chi connectivity index (χ1v) is 7.36. The van der Waals surface area contributed by atoms with Crippen LogP contribution in [0.1, 0.15) is 12.5 Å². The van der Waals surface area contributed by atoms with Gasteiger partial charge in [0.1, 0.15) is 0 Å². The highest BCUT2D eigenvalue weighted by atomic mass is 32.2. The molecule has 19 heavy (non-hydrogen) atoms. The number of carbonyl (C=O) groups excluding carboxylic acids is 1. The van der Waals surface area contributed by atoms with E-state index in [1.54, 1.807) is 24.3 Å². The van der Waals surface area contributed by atoms with E-state index in [0.717, 1.165) is 18.8 Å². The smallest absolute Gasteiger partial charge is 0.238 e. The van der Waals surface area contributed by atoms with Crippen LogP contribution in [0.5, 0.6) is 0 Å². The van der Waals surface area contributed by atoms with E-state index in [2.05, 4.69) is 23.2 Å². The highest BCUT2D eigenvalue weighted by molar-refractivity contribution is 7.99. The number of thioether (sulfide) groups is 1. The third-order valence-corrected chi connectivity index (χ3v) is 4.10. The fourth-order valence-corrected chi connectivity index (χ4v) is 3.19. The van der Waals surface area contributed by atoms with E-state index < -0.39 is 0 Å². The van der Waals surface area contributed by atoms with Crippen molar-refractivity contribution in [3.63, 3.8) is 0 Å². The number of anilines is 1. The molecule has 1 unspecified atom stereocenters. The lowest BCUT2D eigenvalue weighted by Gasteiger charge is -2.29. The summed E-state index contributed by atoms with van der Waals surface area (Å²) in [6.07, 6.45) is 0. The minimum Gasteiger partial charge on any atom is -0.325 e. The van der Waals surface area contributed by atoms with Gasteiger partial charge in [0.25, 0.3) is 0 Å². The van der Waals surface area contributed by atoms with Gasteiger partial charge in [0.15, 0.2) is 0 Å². The van der Waals surface area contributed by atoms with Crippen LogP contribution in [0.4, 0.5) is 5.69 Å². The van der Waals surface area contributed by atoms with Gasteiger partial charge < -0.3 is 5.32 Å². The Labute approximate surface area is 117 Å². The quantitative estimate of drug-likeness (QED) is 0.916. The maximum absolute atomic E-state index is 11.9.